The number of likely N-dealkylation sites (tertiary alicyclic amines) is 1. The lowest BCUT2D eigenvalue weighted by atomic mass is 9.91. The molecular weight excluding hydrogens is 176 g/mol. The van der Waals surface area contributed by atoms with Crippen LogP contribution in [-0.2, 0) is 4.79 Å². The minimum absolute atomic E-state index is 0.203. The van der Waals surface area contributed by atoms with Crippen molar-refractivity contribution in [1.82, 2.24) is 4.90 Å². The van der Waals surface area contributed by atoms with Crippen LogP contribution < -0.4 is 5.73 Å². The number of nitrogens with zero attached hydrogens (tertiary/aromatic N) is 1. The van der Waals surface area contributed by atoms with Crippen molar-refractivity contribution in [3.05, 3.63) is 0 Å². The second-order valence-electron chi connectivity index (χ2n) is 4.70. The van der Waals surface area contributed by atoms with E-state index in [1.54, 1.807) is 0 Å². The maximum Gasteiger partial charge on any atom is 0.146 e. The van der Waals surface area contributed by atoms with Gasteiger partial charge in [0.15, 0.2) is 0 Å². The van der Waals surface area contributed by atoms with Crippen LogP contribution >= 0.6 is 0 Å². The summed E-state index contributed by atoms with van der Waals surface area (Å²) in [5, 5.41) is 0. The Morgan fingerprint density at radius 2 is 2.29 bits per heavy atom. The zero-order chi connectivity index (χ0) is 10.6. The van der Waals surface area contributed by atoms with Crippen LogP contribution in [0.1, 0.15) is 26.2 Å². The summed E-state index contributed by atoms with van der Waals surface area (Å²) in [5.74, 6) is 1.47. The molecule has 0 spiro atoms. The second-order valence-corrected chi connectivity index (χ2v) is 4.70. The fourth-order valence-electron chi connectivity index (χ4n) is 2.29. The smallest absolute Gasteiger partial charge is 0.146 e. The Bertz CT molecular complexity index is 182. The minimum atomic E-state index is 0.203. The van der Waals surface area contributed by atoms with Crippen LogP contribution in [0.15, 0.2) is 0 Å². The van der Waals surface area contributed by atoms with Gasteiger partial charge in [-0.15, -0.1) is 0 Å². The summed E-state index contributed by atoms with van der Waals surface area (Å²) in [6.07, 6.45) is 3.10. The Morgan fingerprint density at radius 1 is 1.57 bits per heavy atom. The van der Waals surface area contributed by atoms with E-state index in [1.807, 2.05) is 0 Å². The summed E-state index contributed by atoms with van der Waals surface area (Å²) in [6, 6.07) is 0. The highest BCUT2D eigenvalue weighted by molar-refractivity contribution is 5.80. The van der Waals surface area contributed by atoms with Crippen molar-refractivity contribution in [2.75, 3.05) is 26.7 Å². The number of hydrogen-bond acceptors (Lipinski definition) is 3. The van der Waals surface area contributed by atoms with Crippen molar-refractivity contribution < 1.29 is 4.79 Å². The first kappa shape index (κ1) is 11.7. The van der Waals surface area contributed by atoms with Crippen molar-refractivity contribution in [2.45, 2.75) is 26.2 Å². The summed E-state index contributed by atoms with van der Waals surface area (Å²) in [7, 11) is 2.14. The monoisotopic (exact) mass is 198 g/mol. The average molecular weight is 198 g/mol. The molecule has 0 radical (unpaired) electrons. The maximum absolute atomic E-state index is 11.3. The molecule has 0 saturated carbocycles. The first-order chi connectivity index (χ1) is 6.61. The number of ketones is 1. The summed E-state index contributed by atoms with van der Waals surface area (Å²) in [6.45, 7) is 4.69. The Labute approximate surface area is 86.6 Å². The maximum atomic E-state index is 11.3. The number of nitrogens with two attached hydrogens (primary N) is 1. The van der Waals surface area contributed by atoms with Crippen LogP contribution in [0.2, 0.25) is 0 Å². The molecule has 0 aromatic heterocycles. The highest BCUT2D eigenvalue weighted by atomic mass is 16.1. The molecule has 2 unspecified atom stereocenters. The average Bonchev–Trinajstić information content (AvgIpc) is 2.28. The van der Waals surface area contributed by atoms with Crippen LogP contribution in [-0.4, -0.2) is 37.4 Å². The molecule has 0 aliphatic carbocycles. The van der Waals surface area contributed by atoms with Gasteiger partial charge in [0.05, 0.1) is 6.54 Å². The number of carbonyl (C=O) groups is 1. The summed E-state index contributed by atoms with van der Waals surface area (Å²) in [4.78, 5) is 13.6. The molecule has 2 N–H and O–H groups in total. The van der Waals surface area contributed by atoms with Gasteiger partial charge < -0.3 is 10.6 Å². The molecule has 2 atom stereocenters. The molecular formula is C11H22N2O. The van der Waals surface area contributed by atoms with Gasteiger partial charge in [-0.3, -0.25) is 4.79 Å². The van der Waals surface area contributed by atoms with E-state index in [9.17, 15) is 4.79 Å². The van der Waals surface area contributed by atoms with Crippen molar-refractivity contribution in [2.24, 2.45) is 17.6 Å². The van der Waals surface area contributed by atoms with Crippen LogP contribution in [0, 0.1) is 11.8 Å². The highest BCUT2D eigenvalue weighted by Crippen LogP contribution is 2.23. The first-order valence-corrected chi connectivity index (χ1v) is 5.52. The predicted molar refractivity (Wildman–Crippen MR) is 58.1 cm³/mol. The normalized spacial score (nSPS) is 29.9. The van der Waals surface area contributed by atoms with Crippen LogP contribution in [0.25, 0.3) is 0 Å². The molecule has 1 fully saturated rings. The van der Waals surface area contributed by atoms with E-state index in [4.69, 9.17) is 5.73 Å². The summed E-state index contributed by atoms with van der Waals surface area (Å²) in [5.41, 5.74) is 5.33. The van der Waals surface area contributed by atoms with E-state index in [-0.39, 0.29) is 12.3 Å². The van der Waals surface area contributed by atoms with E-state index in [2.05, 4.69) is 18.9 Å². The van der Waals surface area contributed by atoms with Gasteiger partial charge in [-0.2, -0.15) is 0 Å². The van der Waals surface area contributed by atoms with Crippen molar-refractivity contribution in [3.8, 4) is 0 Å². The molecule has 0 aromatic carbocycles. The standard InChI is InChI=1S/C11H22N2O/c1-9-3-4-13(2)8-10(5-9)6-11(14)7-12/h9-10H,3-8,12H2,1-2H3. The zero-order valence-corrected chi connectivity index (χ0v) is 9.33. The molecule has 1 aliphatic rings. The molecule has 0 amide bonds. The molecule has 1 heterocycles. The first-order valence-electron chi connectivity index (χ1n) is 5.52. The van der Waals surface area contributed by atoms with Gasteiger partial charge in [0.25, 0.3) is 0 Å². The van der Waals surface area contributed by atoms with Crippen LogP contribution in [0.4, 0.5) is 0 Å². The van der Waals surface area contributed by atoms with E-state index >= 15 is 0 Å². The molecule has 1 aliphatic heterocycles. The van der Waals surface area contributed by atoms with Gasteiger partial charge in [-0.05, 0) is 38.3 Å². The van der Waals surface area contributed by atoms with Crippen molar-refractivity contribution in [3.63, 3.8) is 0 Å². The molecule has 3 heteroatoms. The topological polar surface area (TPSA) is 46.3 Å². The Balaban J connectivity index is 2.44. The SMILES string of the molecule is CC1CCN(C)CC(CC(=O)CN)C1. The number of hydrogen-bond donors (Lipinski definition) is 1. The van der Waals surface area contributed by atoms with Gasteiger partial charge in [0, 0.05) is 13.0 Å². The van der Waals surface area contributed by atoms with Crippen LogP contribution in [0.5, 0.6) is 0 Å². The highest BCUT2D eigenvalue weighted by Gasteiger charge is 2.21. The van der Waals surface area contributed by atoms with E-state index in [1.165, 1.54) is 12.8 Å². The third kappa shape index (κ3) is 3.76. The molecule has 0 bridgehead atoms. The summed E-state index contributed by atoms with van der Waals surface area (Å²) >= 11 is 0. The molecule has 0 aromatic rings. The summed E-state index contributed by atoms with van der Waals surface area (Å²) < 4.78 is 0. The lowest BCUT2D eigenvalue weighted by Crippen LogP contribution is -2.27. The van der Waals surface area contributed by atoms with Gasteiger partial charge in [-0.1, -0.05) is 6.92 Å². The van der Waals surface area contributed by atoms with Crippen molar-refractivity contribution >= 4 is 5.78 Å². The zero-order valence-electron chi connectivity index (χ0n) is 9.33. The van der Waals surface area contributed by atoms with Gasteiger partial charge in [0.1, 0.15) is 5.78 Å². The third-order valence-corrected chi connectivity index (χ3v) is 3.05. The molecule has 3 nitrogen and oxygen atoms in total. The minimum Gasteiger partial charge on any atom is -0.324 e. The van der Waals surface area contributed by atoms with Gasteiger partial charge in [0.2, 0.25) is 0 Å². The molecule has 1 rings (SSSR count). The number of Topliss-reactive ketones (excluding diaryl/α,β-unsaturated/α-hetero) is 1. The van der Waals surface area contributed by atoms with E-state index < -0.39 is 0 Å². The Hall–Kier alpha value is -0.410. The molecule has 14 heavy (non-hydrogen) atoms. The largest absolute Gasteiger partial charge is 0.324 e. The van der Waals surface area contributed by atoms with Gasteiger partial charge >= 0.3 is 0 Å². The van der Waals surface area contributed by atoms with Gasteiger partial charge in [-0.25, -0.2) is 0 Å². The second kappa shape index (κ2) is 5.47. The van der Waals surface area contributed by atoms with E-state index in [0.717, 1.165) is 19.0 Å². The fraction of sp³-hybridized carbons (Fsp3) is 0.909. The fourth-order valence-corrected chi connectivity index (χ4v) is 2.29. The van der Waals surface area contributed by atoms with Crippen molar-refractivity contribution in [1.29, 1.82) is 0 Å². The lowest BCUT2D eigenvalue weighted by molar-refractivity contribution is -0.118. The third-order valence-electron chi connectivity index (χ3n) is 3.05. The Kier molecular flexibility index (Phi) is 4.55. The number of carbonyl (C=O) groups excluding carboxylic acids is 1. The quantitative estimate of drug-likeness (QED) is 0.732. The Morgan fingerprint density at radius 3 is 2.93 bits per heavy atom. The van der Waals surface area contributed by atoms with Crippen LogP contribution in [0.3, 0.4) is 0 Å². The molecule has 82 valence electrons. The van der Waals surface area contributed by atoms with E-state index in [0.29, 0.717) is 12.3 Å². The predicted octanol–water partition coefficient (Wildman–Crippen LogP) is 0.882. The lowest BCUT2D eigenvalue weighted by Gasteiger charge is -2.19. The molecule has 1 saturated heterocycles. The number of rotatable bonds is 3.